The number of aromatic nitrogens is 4. The second-order valence-electron chi connectivity index (χ2n) is 8.01. The van der Waals surface area contributed by atoms with Gasteiger partial charge in [-0.2, -0.15) is 10.2 Å². The van der Waals surface area contributed by atoms with E-state index in [1.807, 2.05) is 42.5 Å². The minimum Gasteiger partial charge on any atom is -0.471 e. The molecule has 0 aliphatic carbocycles. The summed E-state index contributed by atoms with van der Waals surface area (Å²) in [4.78, 5) is 12.7. The Kier molecular flexibility index (Phi) is 6.77. The van der Waals surface area contributed by atoms with E-state index < -0.39 is 5.91 Å². The van der Waals surface area contributed by atoms with Crippen molar-refractivity contribution in [1.82, 2.24) is 19.6 Å². The van der Waals surface area contributed by atoms with E-state index in [1.54, 1.807) is 35.3 Å². The number of hydrogen-bond acceptors (Lipinski definition) is 4. The highest BCUT2D eigenvalue weighted by molar-refractivity contribution is 6.33. The van der Waals surface area contributed by atoms with Crippen molar-refractivity contribution in [3.8, 4) is 16.9 Å². The van der Waals surface area contributed by atoms with Crippen LogP contribution in [0.2, 0.25) is 5.02 Å². The van der Waals surface area contributed by atoms with Crippen LogP contribution in [0.5, 0.6) is 5.75 Å². The molecule has 0 aliphatic rings. The van der Waals surface area contributed by atoms with Crippen LogP contribution in [-0.4, -0.2) is 25.5 Å². The summed E-state index contributed by atoms with van der Waals surface area (Å²) in [5.41, 5.74) is 3.27. The third kappa shape index (κ3) is 5.61. The lowest BCUT2D eigenvalue weighted by atomic mass is 10.1. The lowest BCUT2D eigenvalue weighted by Crippen LogP contribution is -2.15. The van der Waals surface area contributed by atoms with Gasteiger partial charge in [0.1, 0.15) is 16.6 Å². The smallest absolute Gasteiger partial charge is 0.277 e. The molecule has 3 aromatic carbocycles. The van der Waals surface area contributed by atoms with Crippen LogP contribution in [0.3, 0.4) is 0 Å². The molecule has 0 aliphatic heterocycles. The molecule has 0 radical (unpaired) electrons. The zero-order valence-corrected chi connectivity index (χ0v) is 19.8. The Bertz CT molecular complexity index is 1460. The Hall–Kier alpha value is -4.43. The van der Waals surface area contributed by atoms with E-state index in [4.69, 9.17) is 16.3 Å². The molecule has 2 heterocycles. The Morgan fingerprint density at radius 2 is 1.61 bits per heavy atom. The molecule has 9 heteroatoms. The van der Waals surface area contributed by atoms with Crippen molar-refractivity contribution in [3.63, 3.8) is 0 Å². The topological polar surface area (TPSA) is 74.0 Å². The quantitative estimate of drug-likeness (QED) is 0.288. The summed E-state index contributed by atoms with van der Waals surface area (Å²) in [7, 11) is 0. The SMILES string of the molecule is O=C(Nc1nn(Cc2ccc(F)cc2)cc1Cl)c1ccn(COc2ccc(-c3ccccc3)cc2)n1. The number of nitrogens with one attached hydrogen (secondary N) is 1. The highest BCUT2D eigenvalue weighted by Gasteiger charge is 2.15. The molecule has 0 saturated heterocycles. The van der Waals surface area contributed by atoms with Crippen molar-refractivity contribution in [3.05, 3.63) is 119 Å². The van der Waals surface area contributed by atoms with Gasteiger partial charge in [-0.05, 0) is 47.0 Å². The number of anilines is 1. The molecule has 0 fully saturated rings. The Morgan fingerprint density at radius 1 is 0.889 bits per heavy atom. The van der Waals surface area contributed by atoms with Gasteiger partial charge >= 0.3 is 0 Å². The first kappa shape index (κ1) is 23.3. The summed E-state index contributed by atoms with van der Waals surface area (Å²) in [5, 5.41) is 11.5. The van der Waals surface area contributed by atoms with Crippen molar-refractivity contribution in [2.75, 3.05) is 5.32 Å². The van der Waals surface area contributed by atoms with Gasteiger partial charge in [-0.1, -0.05) is 66.2 Å². The normalized spacial score (nSPS) is 10.8. The summed E-state index contributed by atoms with van der Waals surface area (Å²) in [6.07, 6.45) is 3.25. The second kappa shape index (κ2) is 10.5. The van der Waals surface area contributed by atoms with E-state index in [0.29, 0.717) is 12.3 Å². The Morgan fingerprint density at radius 3 is 2.36 bits per heavy atom. The number of carbonyl (C=O) groups is 1. The van der Waals surface area contributed by atoms with E-state index in [-0.39, 0.29) is 29.1 Å². The summed E-state index contributed by atoms with van der Waals surface area (Å²) in [5.74, 6) is 0.147. The fourth-order valence-electron chi connectivity index (χ4n) is 3.58. The van der Waals surface area contributed by atoms with E-state index in [0.717, 1.165) is 16.7 Å². The van der Waals surface area contributed by atoms with Crippen LogP contribution in [0, 0.1) is 5.82 Å². The summed E-state index contributed by atoms with van der Waals surface area (Å²) < 4.78 is 22.0. The van der Waals surface area contributed by atoms with Gasteiger partial charge in [-0.15, -0.1) is 0 Å². The molecule has 0 bridgehead atoms. The van der Waals surface area contributed by atoms with Crippen LogP contribution >= 0.6 is 11.6 Å². The van der Waals surface area contributed by atoms with Crippen LogP contribution in [0.1, 0.15) is 16.1 Å². The summed E-state index contributed by atoms with van der Waals surface area (Å²) >= 11 is 6.24. The molecule has 5 aromatic rings. The average molecular weight is 502 g/mol. The number of ether oxygens (including phenoxy) is 1. The maximum Gasteiger partial charge on any atom is 0.277 e. The maximum absolute atomic E-state index is 13.1. The summed E-state index contributed by atoms with van der Waals surface area (Å²) in [6, 6.07) is 25.5. The van der Waals surface area contributed by atoms with Gasteiger partial charge in [-0.3, -0.25) is 9.48 Å². The molecule has 1 amide bonds. The van der Waals surface area contributed by atoms with Gasteiger partial charge in [0.05, 0.1) is 6.54 Å². The van der Waals surface area contributed by atoms with Crippen LogP contribution in [0.4, 0.5) is 10.2 Å². The van der Waals surface area contributed by atoms with Gasteiger partial charge in [0.25, 0.3) is 5.91 Å². The van der Waals surface area contributed by atoms with E-state index >= 15 is 0 Å². The van der Waals surface area contributed by atoms with E-state index in [2.05, 4.69) is 27.6 Å². The number of benzene rings is 3. The summed E-state index contributed by atoms with van der Waals surface area (Å²) in [6.45, 7) is 0.527. The Labute approximate surface area is 211 Å². The standard InChI is InChI=1S/C27H21ClFN5O2/c28-24-17-34(16-19-6-10-22(29)11-7-19)32-26(24)30-27(35)25-14-15-33(31-25)18-36-23-12-8-21(9-13-23)20-4-2-1-3-5-20/h1-15,17H,16,18H2,(H,30,32,35). The predicted molar refractivity (Wildman–Crippen MR) is 135 cm³/mol. The second-order valence-corrected chi connectivity index (χ2v) is 8.42. The van der Waals surface area contributed by atoms with Crippen LogP contribution in [0.15, 0.2) is 97.3 Å². The van der Waals surface area contributed by atoms with Crippen molar-refractivity contribution in [2.24, 2.45) is 0 Å². The molecule has 0 unspecified atom stereocenters. The molecule has 180 valence electrons. The number of hydrogen-bond donors (Lipinski definition) is 1. The first-order chi connectivity index (χ1) is 17.5. The molecular formula is C27H21ClFN5O2. The number of carbonyl (C=O) groups excluding carboxylic acids is 1. The van der Waals surface area contributed by atoms with Gasteiger partial charge in [0, 0.05) is 12.4 Å². The maximum atomic E-state index is 13.1. The third-order valence-electron chi connectivity index (χ3n) is 5.41. The molecular weight excluding hydrogens is 481 g/mol. The molecule has 0 spiro atoms. The van der Waals surface area contributed by atoms with Gasteiger partial charge in [0.2, 0.25) is 0 Å². The third-order valence-corrected chi connectivity index (χ3v) is 5.68. The van der Waals surface area contributed by atoms with Gasteiger partial charge in [0.15, 0.2) is 18.2 Å². The molecule has 0 saturated carbocycles. The number of amides is 1. The van der Waals surface area contributed by atoms with Gasteiger partial charge in [-0.25, -0.2) is 9.07 Å². The van der Waals surface area contributed by atoms with Crippen LogP contribution in [-0.2, 0) is 13.3 Å². The highest BCUT2D eigenvalue weighted by Crippen LogP contribution is 2.23. The molecule has 1 N–H and O–H groups in total. The minimum absolute atomic E-state index is 0.144. The van der Waals surface area contributed by atoms with Crippen molar-refractivity contribution >= 4 is 23.3 Å². The van der Waals surface area contributed by atoms with E-state index in [1.165, 1.54) is 16.8 Å². The molecule has 36 heavy (non-hydrogen) atoms. The number of rotatable bonds is 8. The first-order valence-electron chi connectivity index (χ1n) is 11.1. The molecule has 5 rings (SSSR count). The van der Waals surface area contributed by atoms with Crippen LogP contribution < -0.4 is 10.1 Å². The first-order valence-corrected chi connectivity index (χ1v) is 11.5. The fourth-order valence-corrected chi connectivity index (χ4v) is 3.78. The zero-order valence-electron chi connectivity index (χ0n) is 19.0. The highest BCUT2D eigenvalue weighted by atomic mass is 35.5. The fraction of sp³-hybridized carbons (Fsp3) is 0.0741. The van der Waals surface area contributed by atoms with Crippen molar-refractivity contribution in [1.29, 1.82) is 0 Å². The Balaban J connectivity index is 1.17. The average Bonchev–Trinajstić information content (AvgIpc) is 3.51. The van der Waals surface area contributed by atoms with Crippen molar-refractivity contribution in [2.45, 2.75) is 13.3 Å². The molecule has 2 aromatic heterocycles. The predicted octanol–water partition coefficient (Wildman–Crippen LogP) is 5.88. The monoisotopic (exact) mass is 501 g/mol. The lowest BCUT2D eigenvalue weighted by molar-refractivity contribution is 0.101. The van der Waals surface area contributed by atoms with E-state index in [9.17, 15) is 9.18 Å². The zero-order chi connectivity index (χ0) is 24.9. The lowest BCUT2D eigenvalue weighted by Gasteiger charge is -2.07. The molecule has 7 nitrogen and oxygen atoms in total. The largest absolute Gasteiger partial charge is 0.471 e. The number of halogens is 2. The van der Waals surface area contributed by atoms with Crippen molar-refractivity contribution < 1.29 is 13.9 Å². The minimum atomic E-state index is -0.449. The molecule has 0 atom stereocenters. The number of nitrogens with zero attached hydrogens (tertiary/aromatic N) is 4. The van der Waals surface area contributed by atoms with Crippen LogP contribution in [0.25, 0.3) is 11.1 Å². The van der Waals surface area contributed by atoms with Gasteiger partial charge < -0.3 is 10.1 Å².